The predicted molar refractivity (Wildman–Crippen MR) is 119 cm³/mol. The first-order valence-corrected chi connectivity index (χ1v) is 11.6. The summed E-state index contributed by atoms with van der Waals surface area (Å²) in [5.74, 6) is -0.191. The lowest BCUT2D eigenvalue weighted by molar-refractivity contribution is -0.129. The first-order valence-electron chi connectivity index (χ1n) is 9.59. The van der Waals surface area contributed by atoms with Gasteiger partial charge in [0.05, 0.1) is 26.4 Å². The van der Waals surface area contributed by atoms with Gasteiger partial charge in [0.1, 0.15) is 0 Å². The van der Waals surface area contributed by atoms with Gasteiger partial charge in [-0.25, -0.2) is 0 Å². The third-order valence-electron chi connectivity index (χ3n) is 3.96. The molecule has 0 saturated carbocycles. The van der Waals surface area contributed by atoms with Crippen molar-refractivity contribution < 1.29 is 28.7 Å². The van der Waals surface area contributed by atoms with E-state index in [1.165, 1.54) is 0 Å². The summed E-state index contributed by atoms with van der Waals surface area (Å²) >= 11 is 1.88. The number of rotatable bonds is 13. The molecule has 1 aromatic carbocycles. The van der Waals surface area contributed by atoms with Crippen molar-refractivity contribution in [2.24, 2.45) is 0 Å². The quantitative estimate of drug-likeness (QED) is 0.258. The number of carbonyl (C=O) groups is 4. The monoisotopic (exact) mass is 448 g/mol. The Balaban J connectivity index is 1.45. The standard InChI is InChI=1S/C22H24O6S2/c23-19(17-7-3-1-4-8-17)21(25)29-15-13-27-11-12-28-14-16-30-22(26)20(24)18-9-5-2-6-10-18/h1,3-5,7-10H,2,6,11-16H2. The van der Waals surface area contributed by atoms with Crippen molar-refractivity contribution in [2.45, 2.75) is 12.8 Å². The number of carbonyl (C=O) groups excluding carboxylic acids is 4. The van der Waals surface area contributed by atoms with Gasteiger partial charge < -0.3 is 9.47 Å². The molecule has 160 valence electrons. The lowest BCUT2D eigenvalue weighted by atomic mass is 10.0. The summed E-state index contributed by atoms with van der Waals surface area (Å²) in [6.07, 6.45) is 7.06. The number of ketones is 2. The molecule has 0 saturated heterocycles. The fourth-order valence-corrected chi connectivity index (χ4v) is 3.72. The smallest absolute Gasteiger partial charge is 0.260 e. The van der Waals surface area contributed by atoms with E-state index in [1.807, 2.05) is 6.08 Å². The molecule has 0 spiro atoms. The maximum Gasteiger partial charge on any atom is 0.260 e. The van der Waals surface area contributed by atoms with Crippen LogP contribution < -0.4 is 0 Å². The Morgan fingerprint density at radius 1 is 0.767 bits per heavy atom. The number of Topliss-reactive ketones (excluding diaryl/α,β-unsaturated/α-hetero) is 2. The van der Waals surface area contributed by atoms with Crippen LogP contribution in [0, 0.1) is 0 Å². The van der Waals surface area contributed by atoms with E-state index >= 15 is 0 Å². The Bertz CT molecular complexity index is 801. The van der Waals surface area contributed by atoms with Gasteiger partial charge in [0.2, 0.25) is 11.6 Å². The zero-order valence-electron chi connectivity index (χ0n) is 16.5. The van der Waals surface area contributed by atoms with E-state index in [-0.39, 0.29) is 0 Å². The molecule has 0 unspecified atom stereocenters. The lowest BCUT2D eigenvalue weighted by Crippen LogP contribution is -2.15. The van der Waals surface area contributed by atoms with Gasteiger partial charge in [-0.05, 0) is 12.8 Å². The summed E-state index contributed by atoms with van der Waals surface area (Å²) in [4.78, 5) is 47.5. The third kappa shape index (κ3) is 8.79. The Hall–Kier alpha value is -2.00. The van der Waals surface area contributed by atoms with Crippen LogP contribution in [-0.2, 0) is 23.9 Å². The lowest BCUT2D eigenvalue weighted by Gasteiger charge is -2.06. The molecule has 0 aliphatic heterocycles. The third-order valence-corrected chi connectivity index (χ3v) is 5.59. The molecule has 8 heteroatoms. The molecule has 1 aromatic rings. The highest BCUT2D eigenvalue weighted by Gasteiger charge is 2.18. The van der Waals surface area contributed by atoms with E-state index in [9.17, 15) is 19.2 Å². The van der Waals surface area contributed by atoms with E-state index < -0.39 is 21.8 Å². The topological polar surface area (TPSA) is 86.7 Å². The van der Waals surface area contributed by atoms with Gasteiger partial charge in [-0.1, -0.05) is 72.1 Å². The SMILES string of the molecule is O=C(SCCOCCOCCSC(=O)C(=O)c1ccccc1)C(=O)C1=CCCC=C1. The molecule has 6 nitrogen and oxygen atoms in total. The summed E-state index contributed by atoms with van der Waals surface area (Å²) < 4.78 is 10.7. The van der Waals surface area contributed by atoms with Gasteiger partial charge in [0, 0.05) is 22.6 Å². The van der Waals surface area contributed by atoms with Crippen LogP contribution in [0.25, 0.3) is 0 Å². The van der Waals surface area contributed by atoms with E-state index in [1.54, 1.807) is 42.5 Å². The Morgan fingerprint density at radius 2 is 1.37 bits per heavy atom. The van der Waals surface area contributed by atoms with Crippen molar-refractivity contribution in [3.8, 4) is 0 Å². The van der Waals surface area contributed by atoms with Crippen molar-refractivity contribution in [1.82, 2.24) is 0 Å². The fraction of sp³-hybridized carbons (Fsp3) is 0.364. The Labute approximate surface area is 184 Å². The number of hydrogen-bond donors (Lipinski definition) is 0. The van der Waals surface area contributed by atoms with E-state index in [4.69, 9.17) is 9.47 Å². The molecule has 0 radical (unpaired) electrons. The minimum Gasteiger partial charge on any atom is -0.378 e. The van der Waals surface area contributed by atoms with Crippen LogP contribution in [0.2, 0.25) is 0 Å². The highest BCUT2D eigenvalue weighted by molar-refractivity contribution is 8.15. The van der Waals surface area contributed by atoms with Crippen molar-refractivity contribution in [1.29, 1.82) is 0 Å². The predicted octanol–water partition coefficient (Wildman–Crippen LogP) is 3.27. The largest absolute Gasteiger partial charge is 0.378 e. The summed E-state index contributed by atoms with van der Waals surface area (Å²) in [6, 6.07) is 8.44. The van der Waals surface area contributed by atoms with Crippen LogP contribution in [0.4, 0.5) is 0 Å². The van der Waals surface area contributed by atoms with Crippen molar-refractivity contribution in [3.63, 3.8) is 0 Å². The number of ether oxygens (including phenoxy) is 2. The van der Waals surface area contributed by atoms with Crippen LogP contribution >= 0.6 is 23.5 Å². The molecule has 0 fully saturated rings. The van der Waals surface area contributed by atoms with Gasteiger partial charge in [-0.2, -0.15) is 0 Å². The Morgan fingerprint density at radius 3 is 1.93 bits per heavy atom. The zero-order valence-corrected chi connectivity index (χ0v) is 18.2. The molecule has 0 heterocycles. The van der Waals surface area contributed by atoms with Gasteiger partial charge in [0.25, 0.3) is 10.2 Å². The van der Waals surface area contributed by atoms with Crippen LogP contribution in [0.3, 0.4) is 0 Å². The average Bonchev–Trinajstić information content (AvgIpc) is 2.80. The minimum atomic E-state index is -0.509. The number of hydrogen-bond acceptors (Lipinski definition) is 8. The molecule has 1 aliphatic rings. The average molecular weight is 449 g/mol. The molecular weight excluding hydrogens is 424 g/mol. The van der Waals surface area contributed by atoms with Crippen molar-refractivity contribution >= 4 is 45.3 Å². The van der Waals surface area contributed by atoms with Crippen LogP contribution in [-0.4, -0.2) is 59.7 Å². The molecule has 0 N–H and O–H groups in total. The number of thioether (sulfide) groups is 2. The van der Waals surface area contributed by atoms with Crippen LogP contribution in [0.5, 0.6) is 0 Å². The number of benzene rings is 1. The molecule has 0 bridgehead atoms. The zero-order chi connectivity index (χ0) is 21.6. The summed E-state index contributed by atoms with van der Waals surface area (Å²) in [5, 5.41) is -0.976. The second-order valence-corrected chi connectivity index (χ2v) is 8.30. The molecular formula is C22H24O6S2. The Kier molecular flexibility index (Phi) is 11.4. The second-order valence-electron chi connectivity index (χ2n) is 6.16. The molecule has 30 heavy (non-hydrogen) atoms. The summed E-state index contributed by atoms with van der Waals surface area (Å²) in [7, 11) is 0. The van der Waals surface area contributed by atoms with Gasteiger partial charge in [-0.15, -0.1) is 0 Å². The first-order chi connectivity index (χ1) is 14.6. The van der Waals surface area contributed by atoms with E-state index in [2.05, 4.69) is 0 Å². The second kappa shape index (κ2) is 14.1. The molecule has 2 rings (SSSR count). The van der Waals surface area contributed by atoms with Gasteiger partial charge in [0.15, 0.2) is 0 Å². The van der Waals surface area contributed by atoms with Gasteiger partial charge in [-0.3, -0.25) is 19.2 Å². The van der Waals surface area contributed by atoms with Crippen LogP contribution in [0.15, 0.2) is 54.1 Å². The molecule has 0 aromatic heterocycles. The van der Waals surface area contributed by atoms with Crippen LogP contribution in [0.1, 0.15) is 23.2 Å². The van der Waals surface area contributed by atoms with Crippen molar-refractivity contribution in [2.75, 3.05) is 37.9 Å². The minimum absolute atomic E-state index is 0.326. The summed E-state index contributed by atoms with van der Waals surface area (Å²) in [5.41, 5.74) is 0.851. The highest BCUT2D eigenvalue weighted by Crippen LogP contribution is 2.14. The van der Waals surface area contributed by atoms with E-state index in [0.717, 1.165) is 36.4 Å². The maximum absolute atomic E-state index is 11.9. The molecule has 0 amide bonds. The molecule has 1 aliphatic carbocycles. The normalized spacial score (nSPS) is 13.0. The number of allylic oxidation sites excluding steroid dienone is 4. The highest BCUT2D eigenvalue weighted by atomic mass is 32.2. The van der Waals surface area contributed by atoms with Gasteiger partial charge >= 0.3 is 0 Å². The fourth-order valence-electron chi connectivity index (χ4n) is 2.45. The van der Waals surface area contributed by atoms with E-state index in [0.29, 0.717) is 49.1 Å². The maximum atomic E-state index is 11.9. The summed E-state index contributed by atoms with van der Waals surface area (Å²) in [6.45, 7) is 1.35. The van der Waals surface area contributed by atoms with Crippen molar-refractivity contribution in [3.05, 3.63) is 59.7 Å². The molecule has 0 atom stereocenters. The first kappa shape index (κ1) is 24.3.